The van der Waals surface area contributed by atoms with E-state index in [1.54, 1.807) is 13.0 Å². The Balaban J connectivity index is 3.13. The molecule has 1 N–H and O–H groups in total. The number of esters is 1. The molecule has 0 fully saturated rings. The first kappa shape index (κ1) is 11.4. The second-order valence-corrected chi connectivity index (χ2v) is 4.73. The first-order valence-electron chi connectivity index (χ1n) is 5.91. The van der Waals surface area contributed by atoms with Crippen molar-refractivity contribution >= 4 is 5.97 Å². The predicted molar refractivity (Wildman–Crippen MR) is 62.9 cm³/mol. The van der Waals surface area contributed by atoms with Gasteiger partial charge in [0.05, 0.1) is 14.6 Å². The quantitative estimate of drug-likeness (QED) is 0.579. The fourth-order valence-electron chi connectivity index (χ4n) is 1.99. The zero-order chi connectivity index (χ0) is 13.3. The van der Waals surface area contributed by atoms with Gasteiger partial charge in [-0.05, 0) is 36.3 Å². The summed E-state index contributed by atoms with van der Waals surface area (Å²) in [6.07, 6.45) is 2.60. The van der Waals surface area contributed by atoms with Crippen LogP contribution in [-0.4, -0.2) is 24.3 Å². The van der Waals surface area contributed by atoms with Gasteiger partial charge >= 0.3 is 5.97 Å². The van der Waals surface area contributed by atoms with E-state index in [0.717, 1.165) is 5.57 Å². The van der Waals surface area contributed by atoms with E-state index in [1.165, 1.54) is 13.2 Å². The standard InChI is InChI=1S/C13H20O3/c1-9-10(5-6-12(15)16-4)13(2,3)8-7-11(9)14/h5-6,11,14H,7-8H2,1-4H3/b6-5+/i11D. The van der Waals surface area contributed by atoms with Crippen LogP contribution in [0.25, 0.3) is 0 Å². The lowest BCUT2D eigenvalue weighted by Gasteiger charge is -2.35. The van der Waals surface area contributed by atoms with Crippen LogP contribution in [0, 0.1) is 5.41 Å². The Morgan fingerprint density at radius 3 is 2.88 bits per heavy atom. The Bertz CT molecular complexity index is 378. The lowest BCUT2D eigenvalue weighted by Crippen LogP contribution is -2.27. The fourth-order valence-corrected chi connectivity index (χ4v) is 1.99. The highest BCUT2D eigenvalue weighted by Crippen LogP contribution is 2.40. The molecule has 0 aromatic heterocycles. The number of methoxy groups -OCH3 is 1. The van der Waals surface area contributed by atoms with Crippen molar-refractivity contribution in [2.24, 2.45) is 5.41 Å². The Kier molecular flexibility index (Phi) is 3.44. The Hall–Kier alpha value is -1.09. The molecule has 16 heavy (non-hydrogen) atoms. The van der Waals surface area contributed by atoms with Crippen molar-refractivity contribution in [3.63, 3.8) is 0 Å². The molecule has 1 atom stereocenters. The molecule has 90 valence electrons. The number of carbonyl (C=O) groups excluding carboxylic acids is 1. The van der Waals surface area contributed by atoms with E-state index in [1.807, 2.05) is 13.8 Å². The van der Waals surface area contributed by atoms with E-state index in [0.29, 0.717) is 18.4 Å². The summed E-state index contributed by atoms with van der Waals surface area (Å²) in [5.41, 5.74) is 1.31. The smallest absolute Gasteiger partial charge is 0.330 e. The molecule has 3 nitrogen and oxygen atoms in total. The summed E-state index contributed by atoms with van der Waals surface area (Å²) >= 11 is 0. The van der Waals surface area contributed by atoms with Crippen molar-refractivity contribution in [3.05, 3.63) is 23.3 Å². The molecule has 0 saturated heterocycles. The Morgan fingerprint density at radius 2 is 2.31 bits per heavy atom. The molecular formula is C13H20O3. The summed E-state index contributed by atoms with van der Waals surface area (Å²) in [5.74, 6) is -0.430. The zero-order valence-electron chi connectivity index (χ0n) is 11.3. The maximum absolute atomic E-state index is 11.1. The molecule has 0 aromatic carbocycles. The average Bonchev–Trinajstić information content (AvgIpc) is 2.24. The first-order chi connectivity index (χ1) is 7.70. The number of ether oxygens (including phenoxy) is 1. The van der Waals surface area contributed by atoms with Crippen LogP contribution in [0.4, 0.5) is 0 Å². The normalized spacial score (nSPS) is 30.4. The van der Waals surface area contributed by atoms with Gasteiger partial charge in [0.15, 0.2) is 0 Å². The van der Waals surface area contributed by atoms with Crippen LogP contribution in [0.3, 0.4) is 0 Å². The van der Waals surface area contributed by atoms with Gasteiger partial charge in [-0.1, -0.05) is 19.9 Å². The van der Waals surface area contributed by atoms with Gasteiger partial charge in [0, 0.05) is 6.08 Å². The second kappa shape index (κ2) is 4.83. The van der Waals surface area contributed by atoms with Gasteiger partial charge in [-0.15, -0.1) is 0 Å². The van der Waals surface area contributed by atoms with Crippen LogP contribution in [0.15, 0.2) is 23.3 Å². The first-order valence-corrected chi connectivity index (χ1v) is 5.41. The minimum absolute atomic E-state index is 0.137. The van der Waals surface area contributed by atoms with Crippen LogP contribution >= 0.6 is 0 Å². The van der Waals surface area contributed by atoms with E-state index in [2.05, 4.69) is 4.74 Å². The minimum Gasteiger partial charge on any atom is -0.466 e. The lowest BCUT2D eigenvalue weighted by atomic mass is 9.71. The van der Waals surface area contributed by atoms with Gasteiger partial charge in [-0.25, -0.2) is 4.79 Å². The summed E-state index contributed by atoms with van der Waals surface area (Å²) in [5, 5.41) is 9.93. The van der Waals surface area contributed by atoms with Crippen molar-refractivity contribution in [1.82, 2.24) is 0 Å². The average molecular weight is 225 g/mol. The van der Waals surface area contributed by atoms with E-state index in [9.17, 15) is 9.90 Å². The van der Waals surface area contributed by atoms with Gasteiger partial charge in [0.2, 0.25) is 0 Å². The van der Waals surface area contributed by atoms with Crippen molar-refractivity contribution in [2.75, 3.05) is 7.11 Å². The molecule has 1 aliphatic rings. The molecular weight excluding hydrogens is 204 g/mol. The third kappa shape index (κ3) is 2.73. The maximum atomic E-state index is 11.1. The van der Waals surface area contributed by atoms with E-state index in [-0.39, 0.29) is 5.41 Å². The molecule has 0 aliphatic heterocycles. The van der Waals surface area contributed by atoms with Crippen LogP contribution in [0.5, 0.6) is 0 Å². The van der Waals surface area contributed by atoms with Gasteiger partial charge in [0.1, 0.15) is 0 Å². The van der Waals surface area contributed by atoms with Crippen molar-refractivity contribution in [3.8, 4) is 0 Å². The number of carbonyl (C=O) groups is 1. The molecule has 0 aromatic rings. The molecule has 0 spiro atoms. The maximum Gasteiger partial charge on any atom is 0.330 e. The van der Waals surface area contributed by atoms with Crippen molar-refractivity contribution in [1.29, 1.82) is 0 Å². The molecule has 3 heteroatoms. The van der Waals surface area contributed by atoms with Crippen molar-refractivity contribution < 1.29 is 16.0 Å². The molecule has 0 saturated carbocycles. The number of hydrogen-bond acceptors (Lipinski definition) is 3. The van der Waals surface area contributed by atoms with E-state index in [4.69, 9.17) is 1.37 Å². The van der Waals surface area contributed by atoms with Gasteiger partial charge < -0.3 is 9.84 Å². The van der Waals surface area contributed by atoms with Crippen LogP contribution in [-0.2, 0) is 9.53 Å². The number of hydrogen-bond donors (Lipinski definition) is 1. The van der Waals surface area contributed by atoms with Gasteiger partial charge in [-0.3, -0.25) is 0 Å². The molecule has 1 rings (SSSR count). The van der Waals surface area contributed by atoms with Crippen LogP contribution in [0.2, 0.25) is 0 Å². The number of aliphatic hydroxyl groups is 1. The number of rotatable bonds is 2. The SMILES string of the molecule is [2H]C1(O)CCC(C)(C)C(/C=C/C(=O)OC)=C1C. The molecule has 0 bridgehead atoms. The molecule has 1 unspecified atom stereocenters. The third-order valence-corrected chi connectivity index (χ3v) is 3.14. The third-order valence-electron chi connectivity index (χ3n) is 3.14. The summed E-state index contributed by atoms with van der Waals surface area (Å²) in [6, 6.07) is 0. The zero-order valence-corrected chi connectivity index (χ0v) is 10.3. The van der Waals surface area contributed by atoms with Gasteiger partial charge in [0.25, 0.3) is 0 Å². The topological polar surface area (TPSA) is 46.5 Å². The summed E-state index contributed by atoms with van der Waals surface area (Å²) in [7, 11) is 1.32. The number of allylic oxidation sites excluding steroid dienone is 2. The second-order valence-electron chi connectivity index (χ2n) is 4.73. The Morgan fingerprint density at radius 1 is 1.69 bits per heavy atom. The summed E-state index contributed by atoms with van der Waals surface area (Å²) < 4.78 is 12.4. The molecule has 0 radical (unpaired) electrons. The van der Waals surface area contributed by atoms with E-state index < -0.39 is 12.0 Å². The summed E-state index contributed by atoms with van der Waals surface area (Å²) in [6.45, 7) is 5.83. The highest BCUT2D eigenvalue weighted by Gasteiger charge is 2.30. The molecule has 0 amide bonds. The minimum atomic E-state index is -1.52. The largest absolute Gasteiger partial charge is 0.466 e. The van der Waals surface area contributed by atoms with Gasteiger partial charge in [-0.2, -0.15) is 0 Å². The monoisotopic (exact) mass is 225 g/mol. The highest BCUT2D eigenvalue weighted by atomic mass is 16.5. The predicted octanol–water partition coefficient (Wildman–Crippen LogP) is 2.21. The molecule has 0 heterocycles. The van der Waals surface area contributed by atoms with Crippen LogP contribution in [0.1, 0.15) is 35.0 Å². The van der Waals surface area contributed by atoms with Crippen LogP contribution < -0.4 is 0 Å². The highest BCUT2D eigenvalue weighted by molar-refractivity contribution is 5.82. The van der Waals surface area contributed by atoms with E-state index >= 15 is 0 Å². The molecule has 1 aliphatic carbocycles. The van der Waals surface area contributed by atoms with Crippen molar-refractivity contribution in [2.45, 2.75) is 39.7 Å². The summed E-state index contributed by atoms with van der Waals surface area (Å²) in [4.78, 5) is 11.1. The fraction of sp³-hybridized carbons (Fsp3) is 0.615. The Labute approximate surface area is 98.2 Å². The lowest BCUT2D eigenvalue weighted by molar-refractivity contribution is -0.134.